The van der Waals surface area contributed by atoms with E-state index < -0.39 is 53.6 Å². The molecule has 7 atom stereocenters. The van der Waals surface area contributed by atoms with Crippen LogP contribution in [0.3, 0.4) is 0 Å². The number of aromatic hydroxyl groups is 2. The Kier molecular flexibility index (Phi) is 6.62. The molecule has 0 spiro atoms. The molecule has 38 heavy (non-hydrogen) atoms. The van der Waals surface area contributed by atoms with Crippen molar-refractivity contribution in [1.29, 1.82) is 0 Å². The molecule has 5 rings (SSSR count). The van der Waals surface area contributed by atoms with Gasteiger partial charge in [-0.2, -0.15) is 0 Å². The highest BCUT2D eigenvalue weighted by molar-refractivity contribution is 6.30. The maximum absolute atomic E-state index is 13.5. The van der Waals surface area contributed by atoms with Crippen molar-refractivity contribution < 1.29 is 44.6 Å². The Morgan fingerprint density at radius 2 is 1.79 bits per heavy atom. The lowest BCUT2D eigenvalue weighted by Crippen LogP contribution is -2.54. The zero-order chi connectivity index (χ0) is 27.7. The van der Waals surface area contributed by atoms with E-state index in [2.05, 4.69) is 0 Å². The minimum absolute atomic E-state index is 0.0142. The highest BCUT2D eigenvalue weighted by atomic mass is 16.7. The smallest absolute Gasteiger partial charge is 0.198 e. The largest absolute Gasteiger partial charge is 0.507 e. The van der Waals surface area contributed by atoms with Crippen molar-refractivity contribution in [1.82, 2.24) is 4.90 Å². The SMILES string of the molecule is CC[C@@]1(O)C[C@H](O)c2cc3c(c(O)c2[C@@H]1O[C@@H]1C[C@H](N(C)C)[C@H](O)[C@H](C)O1)C(=O)c1cccc(O)c1C3=O. The summed E-state index contributed by atoms with van der Waals surface area (Å²) in [6, 6.07) is 5.17. The van der Waals surface area contributed by atoms with E-state index in [0.29, 0.717) is 0 Å². The standard InChI is InChI=1S/C28H33NO9/c1-5-28(36)11-18(31)14-9-15-21(24(33)13-7-6-8-17(30)20(13)25(15)34)26(35)22(14)27(28)38-19-10-16(29(3)4)23(32)12(2)37-19/h6-9,12,16,18-19,23,27,30-32,35-36H,5,10-11H2,1-4H3/t12-,16-,18-,19+,23+,27-,28+/m0/s1. The monoisotopic (exact) mass is 527 g/mol. The van der Waals surface area contributed by atoms with Gasteiger partial charge in [-0.25, -0.2) is 0 Å². The van der Waals surface area contributed by atoms with E-state index in [1.54, 1.807) is 13.8 Å². The Morgan fingerprint density at radius 3 is 2.45 bits per heavy atom. The van der Waals surface area contributed by atoms with Crippen molar-refractivity contribution in [2.45, 2.75) is 75.5 Å². The zero-order valence-corrected chi connectivity index (χ0v) is 21.7. The molecule has 2 aliphatic carbocycles. The van der Waals surface area contributed by atoms with Crippen LogP contribution in [0.1, 0.15) is 88.3 Å². The van der Waals surface area contributed by atoms with Crippen LogP contribution >= 0.6 is 0 Å². The molecule has 0 saturated carbocycles. The molecule has 2 aromatic rings. The number of fused-ring (bicyclic) bond motifs is 3. The summed E-state index contributed by atoms with van der Waals surface area (Å²) in [5.74, 6) is -2.23. The fourth-order valence-corrected chi connectivity index (χ4v) is 6.03. The van der Waals surface area contributed by atoms with Crippen molar-refractivity contribution in [2.75, 3.05) is 14.1 Å². The highest BCUT2D eigenvalue weighted by Crippen LogP contribution is 2.53. The molecule has 3 aliphatic rings. The number of carbonyl (C=O) groups is 2. The quantitative estimate of drug-likeness (QED) is 0.340. The van der Waals surface area contributed by atoms with Crippen molar-refractivity contribution in [2.24, 2.45) is 0 Å². The van der Waals surface area contributed by atoms with Gasteiger partial charge in [-0.05, 0) is 45.1 Å². The fraction of sp³-hybridized carbons (Fsp3) is 0.500. The second-order valence-electron chi connectivity index (χ2n) is 10.7. The lowest BCUT2D eigenvalue weighted by Gasteiger charge is -2.47. The topological polar surface area (TPSA) is 157 Å². The third-order valence-electron chi connectivity index (χ3n) is 8.25. The number of nitrogens with zero attached hydrogens (tertiary/aromatic N) is 1. The summed E-state index contributed by atoms with van der Waals surface area (Å²) >= 11 is 0. The van der Waals surface area contributed by atoms with Gasteiger partial charge in [-0.1, -0.05) is 19.1 Å². The predicted molar refractivity (Wildman–Crippen MR) is 134 cm³/mol. The van der Waals surface area contributed by atoms with Crippen LogP contribution in [0.4, 0.5) is 0 Å². The first-order valence-corrected chi connectivity index (χ1v) is 12.8. The first-order valence-electron chi connectivity index (χ1n) is 12.8. The number of ether oxygens (including phenoxy) is 2. The van der Waals surface area contributed by atoms with Crippen LogP contribution in [0.25, 0.3) is 0 Å². The summed E-state index contributed by atoms with van der Waals surface area (Å²) in [6.07, 6.45) is -4.43. The first-order chi connectivity index (χ1) is 17.9. The summed E-state index contributed by atoms with van der Waals surface area (Å²) < 4.78 is 12.2. The molecule has 1 saturated heterocycles. The van der Waals surface area contributed by atoms with Gasteiger partial charge in [0.15, 0.2) is 17.9 Å². The maximum Gasteiger partial charge on any atom is 0.198 e. The summed E-state index contributed by atoms with van der Waals surface area (Å²) in [6.45, 7) is 3.43. The minimum atomic E-state index is -1.63. The van der Waals surface area contributed by atoms with Gasteiger partial charge in [0.1, 0.15) is 17.6 Å². The molecule has 204 valence electrons. The van der Waals surface area contributed by atoms with E-state index in [1.807, 2.05) is 19.0 Å². The molecule has 10 nitrogen and oxygen atoms in total. The molecular weight excluding hydrogens is 494 g/mol. The lowest BCUT2D eigenvalue weighted by atomic mass is 9.71. The predicted octanol–water partition coefficient (Wildman–Crippen LogP) is 1.94. The van der Waals surface area contributed by atoms with Gasteiger partial charge < -0.3 is 39.9 Å². The normalized spacial score (nSPS) is 32.6. The average Bonchev–Trinajstić information content (AvgIpc) is 2.86. The summed E-state index contributed by atoms with van der Waals surface area (Å²) in [5.41, 5.74) is -2.09. The van der Waals surface area contributed by atoms with Gasteiger partial charge in [0, 0.05) is 35.6 Å². The van der Waals surface area contributed by atoms with Crippen molar-refractivity contribution in [3.8, 4) is 11.5 Å². The van der Waals surface area contributed by atoms with Gasteiger partial charge in [0.05, 0.1) is 35.0 Å². The Hall–Kier alpha value is -2.86. The van der Waals surface area contributed by atoms with Crippen LogP contribution in [-0.2, 0) is 9.47 Å². The van der Waals surface area contributed by atoms with Gasteiger partial charge in [-0.15, -0.1) is 0 Å². The number of hydrogen-bond donors (Lipinski definition) is 5. The second-order valence-corrected chi connectivity index (χ2v) is 10.7. The second kappa shape index (κ2) is 9.41. The van der Waals surface area contributed by atoms with Gasteiger partial charge in [0.25, 0.3) is 0 Å². The van der Waals surface area contributed by atoms with Crippen LogP contribution in [0.2, 0.25) is 0 Å². The number of benzene rings is 2. The first kappa shape index (κ1) is 26.7. The highest BCUT2D eigenvalue weighted by Gasteiger charge is 2.51. The third kappa shape index (κ3) is 3.95. The Morgan fingerprint density at radius 1 is 1.11 bits per heavy atom. The Balaban J connectivity index is 1.64. The van der Waals surface area contributed by atoms with Crippen LogP contribution in [0.15, 0.2) is 24.3 Å². The van der Waals surface area contributed by atoms with Crippen LogP contribution in [0, 0.1) is 0 Å². The zero-order valence-electron chi connectivity index (χ0n) is 21.7. The van der Waals surface area contributed by atoms with Gasteiger partial charge in [-0.3, -0.25) is 9.59 Å². The summed E-state index contributed by atoms with van der Waals surface area (Å²) in [5, 5.41) is 55.0. The molecular formula is C28H33NO9. The molecule has 1 heterocycles. The molecule has 1 aliphatic heterocycles. The van der Waals surface area contributed by atoms with E-state index in [-0.39, 0.29) is 64.4 Å². The number of rotatable bonds is 4. The molecule has 0 aromatic heterocycles. The number of phenolic OH excluding ortho intramolecular Hbond substituents is 2. The summed E-state index contributed by atoms with van der Waals surface area (Å²) in [7, 11) is 3.65. The number of carbonyl (C=O) groups excluding carboxylic acids is 2. The number of hydrogen-bond acceptors (Lipinski definition) is 10. The Labute approximate surface area is 220 Å². The average molecular weight is 528 g/mol. The molecule has 0 bridgehead atoms. The van der Waals surface area contributed by atoms with Crippen molar-refractivity contribution in [3.63, 3.8) is 0 Å². The van der Waals surface area contributed by atoms with E-state index in [9.17, 15) is 35.1 Å². The van der Waals surface area contributed by atoms with Crippen LogP contribution in [0.5, 0.6) is 11.5 Å². The molecule has 0 amide bonds. The van der Waals surface area contributed by atoms with Crippen molar-refractivity contribution >= 4 is 11.6 Å². The Bertz CT molecular complexity index is 1310. The number of aliphatic hydroxyl groups excluding tert-OH is 2. The lowest BCUT2D eigenvalue weighted by molar-refractivity contribution is -0.279. The van der Waals surface area contributed by atoms with E-state index in [4.69, 9.17) is 9.47 Å². The molecule has 10 heteroatoms. The van der Waals surface area contributed by atoms with E-state index in [0.717, 1.165) is 0 Å². The van der Waals surface area contributed by atoms with Crippen LogP contribution < -0.4 is 0 Å². The molecule has 0 radical (unpaired) electrons. The van der Waals surface area contributed by atoms with E-state index >= 15 is 0 Å². The molecule has 5 N–H and O–H groups in total. The van der Waals surface area contributed by atoms with Gasteiger partial charge in [0.2, 0.25) is 0 Å². The fourth-order valence-electron chi connectivity index (χ4n) is 6.03. The van der Waals surface area contributed by atoms with Gasteiger partial charge >= 0.3 is 0 Å². The van der Waals surface area contributed by atoms with Crippen molar-refractivity contribution in [3.05, 3.63) is 57.6 Å². The number of likely N-dealkylation sites (N-methyl/N-ethyl adjacent to an activating group) is 1. The maximum atomic E-state index is 13.5. The van der Waals surface area contributed by atoms with Crippen LogP contribution in [-0.4, -0.2) is 86.2 Å². The number of aliphatic hydroxyl groups is 3. The number of phenols is 2. The van der Waals surface area contributed by atoms with E-state index in [1.165, 1.54) is 24.3 Å². The summed E-state index contributed by atoms with van der Waals surface area (Å²) in [4.78, 5) is 28.7. The minimum Gasteiger partial charge on any atom is -0.507 e. The third-order valence-corrected chi connectivity index (χ3v) is 8.25. The number of ketones is 2. The molecule has 1 fully saturated rings. The molecule has 2 aromatic carbocycles. The molecule has 0 unspecified atom stereocenters.